The molecule has 0 aromatic heterocycles. The van der Waals surface area contributed by atoms with E-state index in [1.54, 1.807) is 19.9 Å². The Morgan fingerprint density at radius 2 is 1.97 bits per heavy atom. The van der Waals surface area contributed by atoms with Crippen LogP contribution in [-0.2, 0) is 6.42 Å². The van der Waals surface area contributed by atoms with E-state index >= 15 is 0 Å². The summed E-state index contributed by atoms with van der Waals surface area (Å²) in [5.74, 6) is -0.318. The van der Waals surface area contributed by atoms with E-state index in [9.17, 15) is 19.1 Å². The minimum absolute atomic E-state index is 0.0395. The number of rotatable bonds is 2. The summed E-state index contributed by atoms with van der Waals surface area (Å²) >= 11 is 3.59. The van der Waals surface area contributed by atoms with Gasteiger partial charge in [-0.3, -0.25) is 9.59 Å². The van der Waals surface area contributed by atoms with Gasteiger partial charge in [-0.2, -0.15) is 0 Å². The molecule has 4 rings (SSSR count). The quantitative estimate of drug-likeness (QED) is 0.705. The summed E-state index contributed by atoms with van der Waals surface area (Å²) in [5.41, 5.74) is 1.35. The van der Waals surface area contributed by atoms with Crippen molar-refractivity contribution in [2.24, 2.45) is 0 Å². The molecule has 1 aliphatic heterocycles. The SMILES string of the molecule is CC1(C)Oc2c(cc3c(c2Br)CCCC3=O)[C@@H](NC(=O)c2ccc(F)cc2)[C@@H]1O. The molecule has 2 aromatic rings. The zero-order valence-corrected chi connectivity index (χ0v) is 17.7. The second kappa shape index (κ2) is 7.22. The number of nitrogens with one attached hydrogen (secondary N) is 1. The number of aliphatic hydroxyl groups is 1. The van der Waals surface area contributed by atoms with Crippen molar-refractivity contribution in [3.05, 3.63) is 62.9 Å². The maximum absolute atomic E-state index is 13.2. The molecule has 2 aliphatic rings. The highest BCUT2D eigenvalue weighted by atomic mass is 79.9. The van der Waals surface area contributed by atoms with E-state index in [-0.39, 0.29) is 11.3 Å². The number of fused-ring (bicyclic) bond motifs is 2. The summed E-state index contributed by atoms with van der Waals surface area (Å²) in [6, 6.07) is 6.12. The van der Waals surface area contributed by atoms with Crippen LogP contribution in [0.15, 0.2) is 34.8 Å². The van der Waals surface area contributed by atoms with Crippen molar-refractivity contribution in [2.75, 3.05) is 0 Å². The lowest BCUT2D eigenvalue weighted by Gasteiger charge is -2.43. The molecule has 5 nitrogen and oxygen atoms in total. The molecular formula is C22H21BrFNO4. The smallest absolute Gasteiger partial charge is 0.251 e. The van der Waals surface area contributed by atoms with E-state index in [2.05, 4.69) is 21.2 Å². The second-order valence-electron chi connectivity index (χ2n) is 8.02. The summed E-state index contributed by atoms with van der Waals surface area (Å²) < 4.78 is 20.0. The van der Waals surface area contributed by atoms with Crippen LogP contribution in [0.1, 0.15) is 64.6 Å². The highest BCUT2D eigenvalue weighted by molar-refractivity contribution is 9.10. The molecule has 0 radical (unpaired) electrons. The molecule has 0 bridgehead atoms. The Morgan fingerprint density at radius 1 is 1.28 bits per heavy atom. The molecule has 0 saturated heterocycles. The van der Waals surface area contributed by atoms with Crippen LogP contribution >= 0.6 is 15.9 Å². The van der Waals surface area contributed by atoms with E-state index in [1.807, 2.05) is 0 Å². The summed E-state index contributed by atoms with van der Waals surface area (Å²) in [6.45, 7) is 3.49. The van der Waals surface area contributed by atoms with Crippen LogP contribution in [0.3, 0.4) is 0 Å². The van der Waals surface area contributed by atoms with Gasteiger partial charge in [0, 0.05) is 23.1 Å². The lowest BCUT2D eigenvalue weighted by molar-refractivity contribution is -0.0633. The standard InChI is InChI=1S/C22H21BrFNO4/c1-22(2)20(27)18(25-21(28)11-6-8-12(24)9-7-11)15-10-14-13(4-3-5-16(14)26)17(23)19(15)29-22/h6-10,18,20,27H,3-5H2,1-2H3,(H,25,28)/t18-,20+/m1/s1. The Bertz CT molecular complexity index is 1000. The van der Waals surface area contributed by atoms with E-state index in [0.717, 1.165) is 18.4 Å². The van der Waals surface area contributed by atoms with Crippen LogP contribution in [-0.4, -0.2) is 28.5 Å². The largest absolute Gasteiger partial charge is 0.483 e. The van der Waals surface area contributed by atoms with Gasteiger partial charge in [0.25, 0.3) is 5.91 Å². The van der Waals surface area contributed by atoms with Gasteiger partial charge < -0.3 is 15.2 Å². The van der Waals surface area contributed by atoms with E-state index in [1.165, 1.54) is 24.3 Å². The fraction of sp³-hybridized carbons (Fsp3) is 0.364. The molecular weight excluding hydrogens is 441 g/mol. The number of aliphatic hydroxyl groups excluding tert-OH is 1. The third-order valence-corrected chi connectivity index (χ3v) is 6.44. The average molecular weight is 462 g/mol. The molecule has 1 amide bonds. The zero-order chi connectivity index (χ0) is 20.9. The van der Waals surface area contributed by atoms with Gasteiger partial charge in [0.2, 0.25) is 0 Å². The Hall–Kier alpha value is -2.25. The topological polar surface area (TPSA) is 75.6 Å². The van der Waals surface area contributed by atoms with Crippen molar-refractivity contribution in [1.29, 1.82) is 0 Å². The lowest BCUT2D eigenvalue weighted by Crippen LogP contribution is -2.53. The van der Waals surface area contributed by atoms with Gasteiger partial charge >= 0.3 is 0 Å². The number of carbonyl (C=O) groups excluding carboxylic acids is 2. The van der Waals surface area contributed by atoms with Gasteiger partial charge in [-0.25, -0.2) is 4.39 Å². The van der Waals surface area contributed by atoms with Crippen molar-refractivity contribution >= 4 is 27.6 Å². The minimum Gasteiger partial charge on any atom is -0.483 e. The Labute approximate surface area is 176 Å². The van der Waals surface area contributed by atoms with Gasteiger partial charge in [-0.05, 0) is 78.5 Å². The maximum Gasteiger partial charge on any atom is 0.251 e. The zero-order valence-electron chi connectivity index (χ0n) is 16.1. The molecule has 1 heterocycles. The van der Waals surface area contributed by atoms with Crippen LogP contribution in [0.2, 0.25) is 0 Å². The molecule has 0 unspecified atom stereocenters. The lowest BCUT2D eigenvalue weighted by atomic mass is 9.82. The normalized spacial score (nSPS) is 22.3. The highest BCUT2D eigenvalue weighted by Gasteiger charge is 2.45. The van der Waals surface area contributed by atoms with Gasteiger partial charge in [0.1, 0.15) is 23.3 Å². The fourth-order valence-corrected chi connectivity index (χ4v) is 4.68. The first-order valence-electron chi connectivity index (χ1n) is 9.51. The molecule has 2 atom stereocenters. The molecule has 2 aromatic carbocycles. The van der Waals surface area contributed by atoms with Crippen molar-refractivity contribution in [1.82, 2.24) is 5.32 Å². The average Bonchev–Trinajstić information content (AvgIpc) is 2.68. The van der Waals surface area contributed by atoms with Gasteiger partial charge in [0.05, 0.1) is 10.5 Å². The first kappa shape index (κ1) is 20.0. The van der Waals surface area contributed by atoms with E-state index in [0.29, 0.717) is 27.8 Å². The number of benzene rings is 2. The van der Waals surface area contributed by atoms with Crippen molar-refractivity contribution in [2.45, 2.75) is 50.9 Å². The van der Waals surface area contributed by atoms with Crippen LogP contribution in [0, 0.1) is 5.82 Å². The Morgan fingerprint density at radius 3 is 2.66 bits per heavy atom. The van der Waals surface area contributed by atoms with Crippen LogP contribution in [0.5, 0.6) is 5.75 Å². The number of Topliss-reactive ketones (excluding diaryl/α,β-unsaturated/α-hetero) is 1. The van der Waals surface area contributed by atoms with Crippen LogP contribution in [0.4, 0.5) is 4.39 Å². The molecule has 7 heteroatoms. The first-order valence-corrected chi connectivity index (χ1v) is 10.3. The molecule has 2 N–H and O–H groups in total. The number of hydrogen-bond donors (Lipinski definition) is 2. The van der Waals surface area contributed by atoms with Crippen molar-refractivity contribution in [3.8, 4) is 5.75 Å². The predicted molar refractivity (Wildman–Crippen MR) is 109 cm³/mol. The molecule has 0 fully saturated rings. The van der Waals surface area contributed by atoms with E-state index < -0.39 is 29.5 Å². The van der Waals surface area contributed by atoms with Gasteiger partial charge in [-0.15, -0.1) is 0 Å². The van der Waals surface area contributed by atoms with E-state index in [4.69, 9.17) is 4.74 Å². The molecule has 0 spiro atoms. The third-order valence-electron chi connectivity index (χ3n) is 5.60. The molecule has 152 valence electrons. The summed E-state index contributed by atoms with van der Waals surface area (Å²) in [4.78, 5) is 25.2. The number of halogens is 2. The number of carbonyl (C=O) groups is 2. The van der Waals surface area contributed by atoms with Crippen molar-refractivity contribution < 1.29 is 23.8 Å². The summed E-state index contributed by atoms with van der Waals surface area (Å²) in [6.07, 6.45) is 0.955. The van der Waals surface area contributed by atoms with Crippen molar-refractivity contribution in [3.63, 3.8) is 0 Å². The summed E-state index contributed by atoms with van der Waals surface area (Å²) in [7, 11) is 0. The molecule has 0 saturated carbocycles. The van der Waals surface area contributed by atoms with Crippen LogP contribution in [0.25, 0.3) is 0 Å². The van der Waals surface area contributed by atoms with Gasteiger partial charge in [0.15, 0.2) is 5.78 Å². The molecule has 29 heavy (non-hydrogen) atoms. The fourth-order valence-electron chi connectivity index (χ4n) is 3.96. The number of ketones is 1. The Kier molecular flexibility index (Phi) is 4.99. The van der Waals surface area contributed by atoms with Crippen LogP contribution < -0.4 is 10.1 Å². The number of ether oxygens (including phenoxy) is 1. The molecule has 1 aliphatic carbocycles. The first-order chi connectivity index (χ1) is 13.7. The predicted octanol–water partition coefficient (Wildman–Crippen LogP) is 4.11. The number of hydrogen-bond acceptors (Lipinski definition) is 4. The third kappa shape index (κ3) is 3.46. The second-order valence-corrected chi connectivity index (χ2v) is 8.81. The highest BCUT2D eigenvalue weighted by Crippen LogP contribution is 2.47. The Balaban J connectivity index is 1.79. The summed E-state index contributed by atoms with van der Waals surface area (Å²) in [5, 5.41) is 13.8. The minimum atomic E-state index is -1.05. The maximum atomic E-state index is 13.2. The number of amides is 1. The monoisotopic (exact) mass is 461 g/mol. The van der Waals surface area contributed by atoms with Gasteiger partial charge in [-0.1, -0.05) is 0 Å².